The Kier molecular flexibility index (Phi) is 3.03. The predicted octanol–water partition coefficient (Wildman–Crippen LogP) is 2.59. The summed E-state index contributed by atoms with van der Waals surface area (Å²) in [7, 11) is 0. The van der Waals surface area contributed by atoms with Crippen LogP contribution in [0.15, 0.2) is 30.5 Å². The summed E-state index contributed by atoms with van der Waals surface area (Å²) in [6, 6.07) is 1.72. The van der Waals surface area contributed by atoms with E-state index in [0.29, 0.717) is 0 Å². The van der Waals surface area contributed by atoms with E-state index in [2.05, 4.69) is 0 Å². The van der Waals surface area contributed by atoms with Crippen LogP contribution in [0.2, 0.25) is 0 Å². The highest BCUT2D eigenvalue weighted by Gasteiger charge is 2.37. The molecule has 2 atom stereocenters. The molecule has 0 saturated heterocycles. The van der Waals surface area contributed by atoms with Crippen LogP contribution in [0.4, 0.5) is 8.78 Å². The number of halogens is 2. The van der Waals surface area contributed by atoms with Crippen LogP contribution in [0, 0.1) is 21.7 Å². The summed E-state index contributed by atoms with van der Waals surface area (Å²) >= 11 is 0. The Balaban J connectivity index is 2.40. The Bertz CT molecular complexity index is 476. The molecule has 0 fully saturated rings. The van der Waals surface area contributed by atoms with E-state index >= 15 is 0 Å². The molecule has 1 aliphatic rings. The number of hydrogen-bond acceptors (Lipinski definition) is 3. The minimum atomic E-state index is -1.10. The van der Waals surface area contributed by atoms with E-state index in [1.165, 1.54) is 12.3 Å². The number of rotatable bonds is 2. The molecule has 0 saturated carbocycles. The first-order valence-corrected chi connectivity index (χ1v) is 4.98. The van der Waals surface area contributed by atoms with Gasteiger partial charge >= 0.3 is 0 Å². The van der Waals surface area contributed by atoms with Gasteiger partial charge < -0.3 is 4.74 Å². The number of ether oxygens (including phenoxy) is 1. The SMILES string of the molecule is O=[N+]([O-])[C@H]1CC=COC1c1cc(F)ccc1F. The zero-order valence-corrected chi connectivity index (χ0v) is 8.68. The molecule has 0 aromatic heterocycles. The van der Waals surface area contributed by atoms with Gasteiger partial charge in [0.2, 0.25) is 0 Å². The van der Waals surface area contributed by atoms with Gasteiger partial charge in [-0.15, -0.1) is 0 Å². The second-order valence-corrected chi connectivity index (χ2v) is 3.68. The summed E-state index contributed by atoms with van der Waals surface area (Å²) in [6.45, 7) is 0. The third-order valence-electron chi connectivity index (χ3n) is 2.58. The van der Waals surface area contributed by atoms with Crippen molar-refractivity contribution in [3.63, 3.8) is 0 Å². The van der Waals surface area contributed by atoms with Crippen LogP contribution in [0.3, 0.4) is 0 Å². The van der Waals surface area contributed by atoms with Gasteiger partial charge in [0.25, 0.3) is 6.04 Å². The van der Waals surface area contributed by atoms with Crippen LogP contribution in [-0.2, 0) is 4.74 Å². The molecule has 0 amide bonds. The van der Waals surface area contributed by atoms with Crippen LogP contribution >= 0.6 is 0 Å². The lowest BCUT2D eigenvalue weighted by Gasteiger charge is -2.23. The molecular formula is C11H9F2NO3. The van der Waals surface area contributed by atoms with E-state index in [1.807, 2.05) is 0 Å². The molecule has 2 rings (SSSR count). The Labute approximate surface area is 95.7 Å². The van der Waals surface area contributed by atoms with Gasteiger partial charge in [-0.3, -0.25) is 10.1 Å². The second-order valence-electron chi connectivity index (χ2n) is 3.68. The monoisotopic (exact) mass is 241 g/mol. The van der Waals surface area contributed by atoms with Crippen molar-refractivity contribution < 1.29 is 18.4 Å². The highest BCUT2D eigenvalue weighted by Crippen LogP contribution is 2.31. The summed E-state index contributed by atoms with van der Waals surface area (Å²) in [5.74, 6) is -1.36. The zero-order chi connectivity index (χ0) is 12.4. The topological polar surface area (TPSA) is 52.4 Å². The van der Waals surface area contributed by atoms with Gasteiger partial charge in [0.15, 0.2) is 6.10 Å². The fraction of sp³-hybridized carbons (Fsp3) is 0.273. The highest BCUT2D eigenvalue weighted by molar-refractivity contribution is 5.23. The number of benzene rings is 1. The first kappa shape index (κ1) is 11.5. The minimum absolute atomic E-state index is 0.129. The molecular weight excluding hydrogens is 232 g/mol. The first-order chi connectivity index (χ1) is 8.09. The summed E-state index contributed by atoms with van der Waals surface area (Å²) in [6.07, 6.45) is 1.80. The summed E-state index contributed by atoms with van der Waals surface area (Å²) in [4.78, 5) is 10.3. The van der Waals surface area contributed by atoms with Crippen molar-refractivity contribution >= 4 is 0 Å². The van der Waals surface area contributed by atoms with Crippen molar-refractivity contribution in [3.8, 4) is 0 Å². The minimum Gasteiger partial charge on any atom is -0.486 e. The Morgan fingerprint density at radius 3 is 2.88 bits per heavy atom. The molecule has 0 spiro atoms. The van der Waals surface area contributed by atoms with Gasteiger partial charge in [-0.2, -0.15) is 0 Å². The number of hydrogen-bond donors (Lipinski definition) is 0. The molecule has 0 N–H and O–H groups in total. The molecule has 0 bridgehead atoms. The highest BCUT2D eigenvalue weighted by atomic mass is 19.1. The molecule has 90 valence electrons. The molecule has 6 heteroatoms. The van der Waals surface area contributed by atoms with Crippen molar-refractivity contribution in [1.82, 2.24) is 0 Å². The maximum absolute atomic E-state index is 13.5. The number of nitro groups is 1. The molecule has 17 heavy (non-hydrogen) atoms. The molecule has 0 aliphatic carbocycles. The summed E-state index contributed by atoms with van der Waals surface area (Å²) in [5.41, 5.74) is -0.129. The van der Waals surface area contributed by atoms with Crippen molar-refractivity contribution in [1.29, 1.82) is 0 Å². The zero-order valence-electron chi connectivity index (χ0n) is 8.68. The van der Waals surface area contributed by atoms with Gasteiger partial charge in [0, 0.05) is 16.9 Å². The van der Waals surface area contributed by atoms with Crippen molar-refractivity contribution in [2.45, 2.75) is 18.6 Å². The van der Waals surface area contributed by atoms with E-state index < -0.39 is 28.7 Å². The summed E-state index contributed by atoms with van der Waals surface area (Å²) in [5, 5.41) is 10.8. The molecule has 1 unspecified atom stereocenters. The van der Waals surface area contributed by atoms with Gasteiger partial charge in [-0.05, 0) is 24.3 Å². The van der Waals surface area contributed by atoms with Gasteiger partial charge in [-0.25, -0.2) is 8.78 Å². The average Bonchev–Trinajstić information content (AvgIpc) is 2.32. The lowest BCUT2D eigenvalue weighted by atomic mass is 9.98. The van der Waals surface area contributed by atoms with Crippen molar-refractivity contribution in [2.75, 3.05) is 0 Å². The van der Waals surface area contributed by atoms with E-state index in [9.17, 15) is 18.9 Å². The maximum atomic E-state index is 13.5. The summed E-state index contributed by atoms with van der Waals surface area (Å²) < 4.78 is 31.6. The predicted molar refractivity (Wildman–Crippen MR) is 54.7 cm³/mol. The van der Waals surface area contributed by atoms with Crippen LogP contribution < -0.4 is 0 Å². The standard InChI is InChI=1S/C11H9F2NO3/c12-7-3-4-9(13)8(6-7)11-10(14(15)16)2-1-5-17-11/h1,3-6,10-11H,2H2/t10-,11?/m0/s1. The van der Waals surface area contributed by atoms with Crippen molar-refractivity contribution in [3.05, 3.63) is 57.8 Å². The van der Waals surface area contributed by atoms with Crippen LogP contribution in [0.25, 0.3) is 0 Å². The largest absolute Gasteiger partial charge is 0.486 e. The first-order valence-electron chi connectivity index (χ1n) is 4.98. The normalized spacial score (nSPS) is 23.2. The van der Waals surface area contributed by atoms with E-state index in [1.54, 1.807) is 0 Å². The Morgan fingerprint density at radius 1 is 1.41 bits per heavy atom. The molecule has 0 radical (unpaired) electrons. The molecule has 1 aromatic carbocycles. The van der Waals surface area contributed by atoms with E-state index in [-0.39, 0.29) is 12.0 Å². The lowest BCUT2D eigenvalue weighted by Crippen LogP contribution is -2.30. The van der Waals surface area contributed by atoms with Gasteiger partial charge in [-0.1, -0.05) is 0 Å². The molecule has 1 heterocycles. The molecule has 1 aliphatic heterocycles. The van der Waals surface area contributed by atoms with E-state index in [0.717, 1.165) is 18.2 Å². The third kappa shape index (κ3) is 2.25. The lowest BCUT2D eigenvalue weighted by molar-refractivity contribution is -0.536. The Morgan fingerprint density at radius 2 is 2.18 bits per heavy atom. The second kappa shape index (κ2) is 4.48. The van der Waals surface area contributed by atoms with E-state index in [4.69, 9.17) is 4.74 Å². The molecule has 4 nitrogen and oxygen atoms in total. The van der Waals surface area contributed by atoms with Crippen LogP contribution in [0.5, 0.6) is 0 Å². The van der Waals surface area contributed by atoms with Crippen LogP contribution in [0.1, 0.15) is 18.1 Å². The van der Waals surface area contributed by atoms with Gasteiger partial charge in [0.1, 0.15) is 11.6 Å². The third-order valence-corrected chi connectivity index (χ3v) is 2.58. The Hall–Kier alpha value is -1.98. The smallest absolute Gasteiger partial charge is 0.257 e. The quantitative estimate of drug-likeness (QED) is 0.590. The fourth-order valence-corrected chi connectivity index (χ4v) is 1.76. The maximum Gasteiger partial charge on any atom is 0.257 e. The average molecular weight is 241 g/mol. The van der Waals surface area contributed by atoms with Crippen LogP contribution in [-0.4, -0.2) is 11.0 Å². The fourth-order valence-electron chi connectivity index (χ4n) is 1.76. The van der Waals surface area contributed by atoms with Gasteiger partial charge in [0.05, 0.1) is 6.26 Å². The molecule has 1 aromatic rings. The van der Waals surface area contributed by atoms with Crippen molar-refractivity contribution in [2.24, 2.45) is 0 Å². The number of nitrogens with zero attached hydrogens (tertiary/aromatic N) is 1.